The molecule has 1 N–H and O–H groups in total. The van der Waals surface area contributed by atoms with Crippen LogP contribution in [0.25, 0.3) is 0 Å². The van der Waals surface area contributed by atoms with Crippen LogP contribution in [0.3, 0.4) is 0 Å². The standard InChI is InChI=1S/C11H20O3/c12-7-11(4-1-5-13-8-11)9-14-6-10-2-3-10/h10,12H,1-9H2. The second-order valence-electron chi connectivity index (χ2n) is 4.77. The summed E-state index contributed by atoms with van der Waals surface area (Å²) >= 11 is 0. The van der Waals surface area contributed by atoms with Crippen molar-refractivity contribution < 1.29 is 14.6 Å². The summed E-state index contributed by atoms with van der Waals surface area (Å²) in [6.45, 7) is 3.23. The van der Waals surface area contributed by atoms with Gasteiger partial charge in [0.15, 0.2) is 0 Å². The largest absolute Gasteiger partial charge is 0.396 e. The number of aliphatic hydroxyl groups excluding tert-OH is 1. The van der Waals surface area contributed by atoms with Crippen LogP contribution in [0, 0.1) is 11.3 Å². The normalized spacial score (nSPS) is 33.2. The molecule has 2 rings (SSSR count). The Balaban J connectivity index is 1.71. The highest BCUT2D eigenvalue weighted by Gasteiger charge is 2.33. The minimum Gasteiger partial charge on any atom is -0.396 e. The maximum Gasteiger partial charge on any atom is 0.0566 e. The second-order valence-corrected chi connectivity index (χ2v) is 4.77. The summed E-state index contributed by atoms with van der Waals surface area (Å²) in [5.74, 6) is 0.801. The molecule has 0 bridgehead atoms. The maximum atomic E-state index is 9.36. The van der Waals surface area contributed by atoms with Gasteiger partial charge < -0.3 is 14.6 Å². The van der Waals surface area contributed by atoms with E-state index in [-0.39, 0.29) is 12.0 Å². The van der Waals surface area contributed by atoms with E-state index < -0.39 is 0 Å². The van der Waals surface area contributed by atoms with Crippen LogP contribution in [0.4, 0.5) is 0 Å². The zero-order valence-corrected chi connectivity index (χ0v) is 8.71. The first kappa shape index (κ1) is 10.4. The van der Waals surface area contributed by atoms with Crippen molar-refractivity contribution in [2.24, 2.45) is 11.3 Å². The minimum absolute atomic E-state index is 0.104. The highest BCUT2D eigenvalue weighted by Crippen LogP contribution is 2.32. The van der Waals surface area contributed by atoms with Crippen molar-refractivity contribution in [1.82, 2.24) is 0 Å². The van der Waals surface area contributed by atoms with Crippen LogP contribution in [0.15, 0.2) is 0 Å². The lowest BCUT2D eigenvalue weighted by molar-refractivity contribution is -0.0848. The molecule has 1 aliphatic carbocycles. The van der Waals surface area contributed by atoms with Gasteiger partial charge in [0.05, 0.1) is 19.8 Å². The van der Waals surface area contributed by atoms with Crippen molar-refractivity contribution in [3.63, 3.8) is 0 Å². The third kappa shape index (κ3) is 2.69. The molecule has 14 heavy (non-hydrogen) atoms. The maximum absolute atomic E-state index is 9.36. The van der Waals surface area contributed by atoms with Crippen molar-refractivity contribution in [1.29, 1.82) is 0 Å². The van der Waals surface area contributed by atoms with E-state index >= 15 is 0 Å². The summed E-state index contributed by atoms with van der Waals surface area (Å²) in [6, 6.07) is 0. The third-order valence-electron chi connectivity index (χ3n) is 3.20. The van der Waals surface area contributed by atoms with Crippen LogP contribution in [-0.2, 0) is 9.47 Å². The molecule has 1 aliphatic heterocycles. The molecule has 1 unspecified atom stereocenters. The van der Waals surface area contributed by atoms with E-state index in [4.69, 9.17) is 9.47 Å². The predicted molar refractivity (Wildman–Crippen MR) is 53.1 cm³/mol. The quantitative estimate of drug-likeness (QED) is 0.724. The molecule has 1 heterocycles. The van der Waals surface area contributed by atoms with Crippen molar-refractivity contribution in [3.8, 4) is 0 Å². The van der Waals surface area contributed by atoms with Crippen LogP contribution in [0.5, 0.6) is 0 Å². The molecule has 0 aromatic carbocycles. The third-order valence-corrected chi connectivity index (χ3v) is 3.20. The van der Waals surface area contributed by atoms with Crippen molar-refractivity contribution in [2.75, 3.05) is 33.0 Å². The number of aliphatic hydroxyl groups is 1. The van der Waals surface area contributed by atoms with Crippen molar-refractivity contribution in [3.05, 3.63) is 0 Å². The lowest BCUT2D eigenvalue weighted by Gasteiger charge is -2.34. The summed E-state index contributed by atoms with van der Waals surface area (Å²) in [5, 5.41) is 9.36. The topological polar surface area (TPSA) is 38.7 Å². The highest BCUT2D eigenvalue weighted by atomic mass is 16.5. The van der Waals surface area contributed by atoms with Gasteiger partial charge in [-0.1, -0.05) is 0 Å². The molecule has 0 amide bonds. The van der Waals surface area contributed by atoms with Gasteiger partial charge in [-0.2, -0.15) is 0 Å². The number of ether oxygens (including phenoxy) is 2. The molecule has 1 atom stereocenters. The van der Waals surface area contributed by atoms with Gasteiger partial charge in [-0.25, -0.2) is 0 Å². The molecule has 3 nitrogen and oxygen atoms in total. The Morgan fingerprint density at radius 1 is 1.43 bits per heavy atom. The molecular weight excluding hydrogens is 180 g/mol. The Bertz CT molecular complexity index is 171. The van der Waals surface area contributed by atoms with Gasteiger partial charge in [0.1, 0.15) is 0 Å². The fourth-order valence-corrected chi connectivity index (χ4v) is 1.92. The van der Waals surface area contributed by atoms with E-state index in [1.807, 2.05) is 0 Å². The zero-order chi connectivity index (χ0) is 9.86. The number of hydrogen-bond donors (Lipinski definition) is 1. The Morgan fingerprint density at radius 3 is 2.86 bits per heavy atom. The minimum atomic E-state index is -0.104. The van der Waals surface area contributed by atoms with Gasteiger partial charge in [0, 0.05) is 18.6 Å². The van der Waals surface area contributed by atoms with Gasteiger partial charge in [-0.15, -0.1) is 0 Å². The molecule has 0 radical (unpaired) electrons. The van der Waals surface area contributed by atoms with E-state index in [0.717, 1.165) is 32.0 Å². The fourth-order valence-electron chi connectivity index (χ4n) is 1.92. The van der Waals surface area contributed by atoms with Gasteiger partial charge in [0.2, 0.25) is 0 Å². The fraction of sp³-hybridized carbons (Fsp3) is 1.00. The molecule has 82 valence electrons. The first-order valence-corrected chi connectivity index (χ1v) is 5.61. The van der Waals surface area contributed by atoms with Gasteiger partial charge in [0.25, 0.3) is 0 Å². The summed E-state index contributed by atoms with van der Waals surface area (Å²) in [7, 11) is 0. The molecule has 2 aliphatic rings. The first-order chi connectivity index (χ1) is 6.85. The van der Waals surface area contributed by atoms with Crippen LogP contribution in [0.2, 0.25) is 0 Å². The average Bonchev–Trinajstić information content (AvgIpc) is 3.03. The van der Waals surface area contributed by atoms with E-state index in [1.165, 1.54) is 12.8 Å². The van der Waals surface area contributed by atoms with Gasteiger partial charge in [-0.3, -0.25) is 0 Å². The lowest BCUT2D eigenvalue weighted by Crippen LogP contribution is -2.39. The summed E-state index contributed by atoms with van der Waals surface area (Å²) in [5.41, 5.74) is -0.104. The zero-order valence-electron chi connectivity index (χ0n) is 8.71. The summed E-state index contributed by atoms with van der Waals surface area (Å²) < 4.78 is 11.1. The van der Waals surface area contributed by atoms with Crippen LogP contribution in [-0.4, -0.2) is 38.1 Å². The smallest absolute Gasteiger partial charge is 0.0566 e. The average molecular weight is 200 g/mol. The highest BCUT2D eigenvalue weighted by molar-refractivity contribution is 4.81. The molecule has 0 aromatic heterocycles. The Hall–Kier alpha value is -0.120. The molecule has 2 fully saturated rings. The molecular formula is C11H20O3. The van der Waals surface area contributed by atoms with Gasteiger partial charge >= 0.3 is 0 Å². The predicted octanol–water partition coefficient (Wildman–Crippen LogP) is 1.20. The number of hydrogen-bond acceptors (Lipinski definition) is 3. The monoisotopic (exact) mass is 200 g/mol. The lowest BCUT2D eigenvalue weighted by atomic mass is 9.84. The van der Waals surface area contributed by atoms with Crippen LogP contribution >= 0.6 is 0 Å². The van der Waals surface area contributed by atoms with E-state index in [1.54, 1.807) is 0 Å². The molecule has 3 heteroatoms. The van der Waals surface area contributed by atoms with E-state index in [2.05, 4.69) is 0 Å². The van der Waals surface area contributed by atoms with Crippen molar-refractivity contribution in [2.45, 2.75) is 25.7 Å². The molecule has 0 aromatic rings. The second kappa shape index (κ2) is 4.60. The molecule has 1 saturated heterocycles. The Kier molecular flexibility index (Phi) is 3.42. The summed E-state index contributed by atoms with van der Waals surface area (Å²) in [4.78, 5) is 0. The Labute approximate surface area is 85.4 Å². The SMILES string of the molecule is OCC1(COCC2CC2)CCCOC1. The van der Waals surface area contributed by atoms with Gasteiger partial charge in [-0.05, 0) is 31.6 Å². The van der Waals surface area contributed by atoms with Crippen molar-refractivity contribution >= 4 is 0 Å². The van der Waals surface area contributed by atoms with Crippen LogP contribution in [0.1, 0.15) is 25.7 Å². The van der Waals surface area contributed by atoms with E-state index in [0.29, 0.717) is 13.2 Å². The Morgan fingerprint density at radius 2 is 2.29 bits per heavy atom. The molecule has 0 spiro atoms. The van der Waals surface area contributed by atoms with E-state index in [9.17, 15) is 5.11 Å². The number of rotatable bonds is 5. The molecule has 1 saturated carbocycles. The van der Waals surface area contributed by atoms with Crippen LogP contribution < -0.4 is 0 Å². The summed E-state index contributed by atoms with van der Waals surface area (Å²) in [6.07, 6.45) is 4.73. The first-order valence-electron chi connectivity index (χ1n) is 5.61.